The molecule has 3 rings (SSSR count). The molecule has 6 heteroatoms. The second-order valence-electron chi connectivity index (χ2n) is 7.07. The van der Waals surface area contributed by atoms with Crippen LogP contribution in [0.1, 0.15) is 26.3 Å². The van der Waals surface area contributed by atoms with Crippen LogP contribution < -0.4 is 4.90 Å². The van der Waals surface area contributed by atoms with Crippen LogP contribution >= 0.6 is 27.3 Å². The van der Waals surface area contributed by atoms with Crippen molar-refractivity contribution >= 4 is 38.5 Å². The minimum atomic E-state index is -0.572. The molecule has 0 radical (unpaired) electrons. The Balaban J connectivity index is 1.90. The molecule has 0 bridgehead atoms. The molecule has 0 saturated heterocycles. The predicted octanol–water partition coefficient (Wildman–Crippen LogP) is 6.51. The third-order valence-corrected chi connectivity index (χ3v) is 5.05. The summed E-state index contributed by atoms with van der Waals surface area (Å²) in [6.45, 7) is 5.99. The molecule has 2 aromatic carbocycles. The van der Waals surface area contributed by atoms with Crippen LogP contribution in [0.25, 0.3) is 11.3 Å². The monoisotopic (exact) mass is 444 g/mol. The quantitative estimate of drug-likeness (QED) is 0.460. The molecule has 0 atom stereocenters. The van der Waals surface area contributed by atoms with E-state index < -0.39 is 11.7 Å². The summed E-state index contributed by atoms with van der Waals surface area (Å²) in [5.41, 5.74) is 2.29. The second-order valence-corrected chi connectivity index (χ2v) is 8.83. The number of halogens is 1. The summed E-state index contributed by atoms with van der Waals surface area (Å²) in [5, 5.41) is 2.58. The first kappa shape index (κ1) is 19.6. The highest BCUT2D eigenvalue weighted by Crippen LogP contribution is 2.30. The Labute approximate surface area is 171 Å². The minimum absolute atomic E-state index is 0.400. The summed E-state index contributed by atoms with van der Waals surface area (Å²) < 4.78 is 6.62. The lowest BCUT2D eigenvalue weighted by Gasteiger charge is -2.25. The Morgan fingerprint density at radius 3 is 2.41 bits per heavy atom. The maximum atomic E-state index is 12.8. The molecule has 0 aliphatic carbocycles. The summed E-state index contributed by atoms with van der Waals surface area (Å²) in [6.07, 6.45) is -0.400. The second kappa shape index (κ2) is 8.23. The van der Waals surface area contributed by atoms with Gasteiger partial charge < -0.3 is 4.74 Å². The Hall–Kier alpha value is -2.18. The van der Waals surface area contributed by atoms with Gasteiger partial charge in [-0.1, -0.05) is 58.4 Å². The van der Waals surface area contributed by atoms with E-state index in [0.29, 0.717) is 11.7 Å². The van der Waals surface area contributed by atoms with Crippen LogP contribution in [0.4, 0.5) is 9.93 Å². The SMILES string of the molecule is CC(C)(C)OC(=O)N(Cc1ccccc1)c1nc(-c2ccc(Br)cc2)cs1. The molecular weight excluding hydrogens is 424 g/mol. The molecule has 0 aliphatic rings. The van der Waals surface area contributed by atoms with Gasteiger partial charge in [-0.3, -0.25) is 0 Å². The number of anilines is 1. The lowest BCUT2D eigenvalue weighted by molar-refractivity contribution is 0.0577. The number of benzene rings is 2. The zero-order valence-electron chi connectivity index (χ0n) is 15.5. The van der Waals surface area contributed by atoms with Gasteiger partial charge in [-0.05, 0) is 38.5 Å². The molecule has 0 unspecified atom stereocenters. The van der Waals surface area contributed by atoms with Gasteiger partial charge in [0.2, 0.25) is 0 Å². The van der Waals surface area contributed by atoms with Crippen molar-refractivity contribution in [3.05, 3.63) is 70.0 Å². The van der Waals surface area contributed by atoms with Gasteiger partial charge >= 0.3 is 6.09 Å². The van der Waals surface area contributed by atoms with Crippen LogP contribution in [0.15, 0.2) is 64.5 Å². The highest BCUT2D eigenvalue weighted by Gasteiger charge is 2.26. The molecular formula is C21H21BrN2O2S. The van der Waals surface area contributed by atoms with Gasteiger partial charge in [0.25, 0.3) is 0 Å². The molecule has 140 valence electrons. The Bertz CT molecular complexity index is 902. The van der Waals surface area contributed by atoms with E-state index in [1.807, 2.05) is 80.7 Å². The standard InChI is InChI=1S/C21H21BrN2O2S/c1-21(2,3)26-20(25)24(13-15-7-5-4-6-8-15)19-23-18(14-27-19)16-9-11-17(22)12-10-16/h4-12,14H,13H2,1-3H3. The lowest BCUT2D eigenvalue weighted by Crippen LogP contribution is -2.36. The molecule has 0 fully saturated rings. The summed E-state index contributed by atoms with van der Waals surface area (Å²) in [6, 6.07) is 17.8. The normalized spacial score (nSPS) is 11.3. The third-order valence-electron chi connectivity index (χ3n) is 3.66. The van der Waals surface area contributed by atoms with Crippen LogP contribution in [-0.4, -0.2) is 16.7 Å². The summed E-state index contributed by atoms with van der Waals surface area (Å²) >= 11 is 4.88. The molecule has 27 heavy (non-hydrogen) atoms. The first-order valence-electron chi connectivity index (χ1n) is 8.58. The van der Waals surface area contributed by atoms with E-state index in [1.54, 1.807) is 4.90 Å². The molecule has 1 amide bonds. The van der Waals surface area contributed by atoms with Crippen molar-refractivity contribution in [1.82, 2.24) is 4.98 Å². The van der Waals surface area contributed by atoms with Crippen molar-refractivity contribution in [3.8, 4) is 11.3 Å². The Kier molecular flexibility index (Phi) is 5.97. The number of carbonyl (C=O) groups is 1. The van der Waals surface area contributed by atoms with E-state index in [1.165, 1.54) is 11.3 Å². The summed E-state index contributed by atoms with van der Waals surface area (Å²) in [5.74, 6) is 0. The largest absolute Gasteiger partial charge is 0.443 e. The lowest BCUT2D eigenvalue weighted by atomic mass is 10.2. The minimum Gasteiger partial charge on any atom is -0.443 e. The fourth-order valence-corrected chi connectivity index (χ4v) is 3.52. The predicted molar refractivity (Wildman–Crippen MR) is 114 cm³/mol. The van der Waals surface area contributed by atoms with Gasteiger partial charge in [-0.25, -0.2) is 14.7 Å². The van der Waals surface area contributed by atoms with Crippen molar-refractivity contribution in [2.75, 3.05) is 4.90 Å². The fraction of sp³-hybridized carbons (Fsp3) is 0.238. The highest BCUT2D eigenvalue weighted by molar-refractivity contribution is 9.10. The van der Waals surface area contributed by atoms with E-state index in [0.717, 1.165) is 21.3 Å². The number of amides is 1. The number of thiazole rings is 1. The molecule has 0 spiro atoms. The van der Waals surface area contributed by atoms with Crippen LogP contribution in [0.3, 0.4) is 0 Å². The molecule has 3 aromatic rings. The number of ether oxygens (including phenoxy) is 1. The number of hydrogen-bond acceptors (Lipinski definition) is 4. The summed E-state index contributed by atoms with van der Waals surface area (Å²) in [7, 11) is 0. The topological polar surface area (TPSA) is 42.4 Å². The van der Waals surface area contributed by atoms with Gasteiger partial charge in [0.05, 0.1) is 12.2 Å². The Morgan fingerprint density at radius 2 is 1.78 bits per heavy atom. The highest BCUT2D eigenvalue weighted by atomic mass is 79.9. The van der Waals surface area contributed by atoms with E-state index in [9.17, 15) is 4.79 Å². The van der Waals surface area contributed by atoms with Gasteiger partial charge in [0.1, 0.15) is 5.60 Å². The van der Waals surface area contributed by atoms with Crippen LogP contribution in [0.5, 0.6) is 0 Å². The zero-order chi connectivity index (χ0) is 19.4. The first-order chi connectivity index (χ1) is 12.8. The third kappa shape index (κ3) is 5.40. The molecule has 4 nitrogen and oxygen atoms in total. The molecule has 0 saturated carbocycles. The molecule has 1 heterocycles. The average molecular weight is 445 g/mol. The van der Waals surface area contributed by atoms with Crippen molar-refractivity contribution < 1.29 is 9.53 Å². The fourth-order valence-electron chi connectivity index (χ4n) is 2.43. The van der Waals surface area contributed by atoms with E-state index in [-0.39, 0.29) is 0 Å². The molecule has 1 aromatic heterocycles. The first-order valence-corrected chi connectivity index (χ1v) is 10.2. The van der Waals surface area contributed by atoms with Gasteiger partial charge in [-0.15, -0.1) is 11.3 Å². The van der Waals surface area contributed by atoms with Gasteiger partial charge in [0.15, 0.2) is 5.13 Å². The number of aromatic nitrogens is 1. The molecule has 0 N–H and O–H groups in total. The van der Waals surface area contributed by atoms with Crippen molar-refractivity contribution in [3.63, 3.8) is 0 Å². The Morgan fingerprint density at radius 1 is 1.11 bits per heavy atom. The smallest absolute Gasteiger partial charge is 0.416 e. The van der Waals surface area contributed by atoms with Crippen molar-refractivity contribution in [1.29, 1.82) is 0 Å². The average Bonchev–Trinajstić information content (AvgIpc) is 3.09. The summed E-state index contributed by atoms with van der Waals surface area (Å²) in [4.78, 5) is 19.1. The van der Waals surface area contributed by atoms with E-state index >= 15 is 0 Å². The van der Waals surface area contributed by atoms with Gasteiger partial charge in [0, 0.05) is 15.4 Å². The van der Waals surface area contributed by atoms with Crippen LogP contribution in [0, 0.1) is 0 Å². The van der Waals surface area contributed by atoms with Crippen molar-refractivity contribution in [2.45, 2.75) is 32.9 Å². The number of hydrogen-bond donors (Lipinski definition) is 0. The number of rotatable bonds is 4. The van der Waals surface area contributed by atoms with E-state index in [4.69, 9.17) is 4.74 Å². The van der Waals surface area contributed by atoms with Crippen LogP contribution in [-0.2, 0) is 11.3 Å². The van der Waals surface area contributed by atoms with Gasteiger partial charge in [-0.2, -0.15) is 0 Å². The van der Waals surface area contributed by atoms with E-state index in [2.05, 4.69) is 20.9 Å². The van der Waals surface area contributed by atoms with Crippen molar-refractivity contribution in [2.24, 2.45) is 0 Å². The maximum absolute atomic E-state index is 12.8. The van der Waals surface area contributed by atoms with Crippen LogP contribution in [0.2, 0.25) is 0 Å². The maximum Gasteiger partial charge on any atom is 0.416 e. The zero-order valence-corrected chi connectivity index (χ0v) is 17.9. The number of carbonyl (C=O) groups excluding carboxylic acids is 1. The number of nitrogens with zero attached hydrogens (tertiary/aromatic N) is 2. The molecule has 0 aliphatic heterocycles.